The quantitative estimate of drug-likeness (QED) is 0.584. The molecule has 0 radical (unpaired) electrons. The minimum Gasteiger partial charge on any atom is -0.492 e. The maximum atomic E-state index is 5.33. The van der Waals surface area contributed by atoms with Gasteiger partial charge in [-0.2, -0.15) is 0 Å². The molecule has 2 heterocycles. The molecule has 0 bridgehead atoms. The lowest BCUT2D eigenvalue weighted by molar-refractivity contribution is 0.290. The van der Waals surface area contributed by atoms with Crippen LogP contribution >= 0.6 is 0 Å². The van der Waals surface area contributed by atoms with Crippen LogP contribution in [0.5, 0.6) is 5.75 Å². The molecule has 2 heteroatoms. The van der Waals surface area contributed by atoms with Crippen molar-refractivity contribution in [3.05, 3.63) is 18.0 Å². The summed E-state index contributed by atoms with van der Waals surface area (Å²) in [6.07, 6.45) is 6.24. The Morgan fingerprint density at radius 2 is 2.30 bits per heavy atom. The highest BCUT2D eigenvalue weighted by Gasteiger charge is 2.08. The van der Waals surface area contributed by atoms with Gasteiger partial charge in [0.2, 0.25) is 0 Å². The van der Waals surface area contributed by atoms with Crippen LogP contribution in [0.25, 0.3) is 0 Å². The Labute approximate surface area is 61.2 Å². The lowest BCUT2D eigenvalue weighted by Gasteiger charge is -2.11. The number of aromatic nitrogens is 1. The van der Waals surface area contributed by atoms with E-state index in [1.807, 2.05) is 12.4 Å². The molecular weight excluding hydrogens is 126 g/mol. The zero-order valence-electron chi connectivity index (χ0n) is 5.18. The summed E-state index contributed by atoms with van der Waals surface area (Å²) < 4.78 is 5.33. The van der Waals surface area contributed by atoms with E-state index in [9.17, 15) is 0 Å². The molecule has 1 aromatic heterocycles. The number of fused-ring (bicyclic) bond motifs is 1. The fraction of sp³-hybridized carbons (Fsp3) is 0.500. The normalized spacial score (nSPS) is 14.8. The third-order valence-electron chi connectivity index (χ3n) is 1.64. The molecule has 10 heavy (non-hydrogen) atoms. The van der Waals surface area contributed by atoms with Gasteiger partial charge in [0.15, 0.2) is 0 Å². The number of aromatic amines is 1. The molecule has 0 aliphatic carbocycles. The van der Waals surface area contributed by atoms with Gasteiger partial charge in [-0.1, -0.05) is 7.43 Å². The first-order valence-corrected chi connectivity index (χ1v) is 3.25. The third-order valence-corrected chi connectivity index (χ3v) is 1.64. The summed E-state index contributed by atoms with van der Waals surface area (Å²) in [7, 11) is 0. The lowest BCUT2D eigenvalue weighted by Crippen LogP contribution is -2.05. The summed E-state index contributed by atoms with van der Waals surface area (Å²) in [4.78, 5) is 3.02. The first kappa shape index (κ1) is 7.19. The smallest absolute Gasteiger partial charge is 0.139 e. The van der Waals surface area contributed by atoms with Crippen molar-refractivity contribution in [2.45, 2.75) is 20.3 Å². The largest absolute Gasteiger partial charge is 0.492 e. The second kappa shape index (κ2) is 2.78. The van der Waals surface area contributed by atoms with E-state index in [0.717, 1.165) is 18.8 Å². The van der Waals surface area contributed by atoms with Crippen LogP contribution in [0.4, 0.5) is 0 Å². The van der Waals surface area contributed by atoms with Crippen LogP contribution in [0.3, 0.4) is 0 Å². The molecule has 0 atom stereocenters. The number of ether oxygens (including phenoxy) is 1. The van der Waals surface area contributed by atoms with Crippen molar-refractivity contribution < 1.29 is 4.74 Å². The van der Waals surface area contributed by atoms with E-state index in [0.29, 0.717) is 0 Å². The molecule has 0 unspecified atom stereocenters. The van der Waals surface area contributed by atoms with Crippen molar-refractivity contribution in [1.82, 2.24) is 4.98 Å². The number of H-pyrrole nitrogens is 1. The Hall–Kier alpha value is -0.920. The fourth-order valence-corrected chi connectivity index (χ4v) is 1.16. The lowest BCUT2D eigenvalue weighted by atomic mass is 10.1. The molecule has 1 aliphatic rings. The summed E-state index contributed by atoms with van der Waals surface area (Å²) >= 11 is 0. The molecule has 0 amide bonds. The monoisotopic (exact) mass is 139 g/mol. The molecule has 1 aromatic rings. The van der Waals surface area contributed by atoms with Crippen LogP contribution in [-0.4, -0.2) is 11.6 Å². The number of hydrogen-bond donors (Lipinski definition) is 1. The first-order valence-electron chi connectivity index (χ1n) is 3.25. The molecule has 1 N–H and O–H groups in total. The molecule has 0 saturated heterocycles. The van der Waals surface area contributed by atoms with Crippen molar-refractivity contribution in [2.24, 2.45) is 0 Å². The van der Waals surface area contributed by atoms with E-state index in [-0.39, 0.29) is 7.43 Å². The van der Waals surface area contributed by atoms with Gasteiger partial charge in [0.05, 0.1) is 6.61 Å². The molecule has 2 nitrogen and oxygen atoms in total. The van der Waals surface area contributed by atoms with Gasteiger partial charge in [0.1, 0.15) is 5.75 Å². The van der Waals surface area contributed by atoms with Crippen LogP contribution in [0.1, 0.15) is 19.4 Å². The molecule has 56 valence electrons. The SMILES string of the molecule is C.c1[nH]cc2c1CCCO2. The van der Waals surface area contributed by atoms with Gasteiger partial charge < -0.3 is 9.72 Å². The summed E-state index contributed by atoms with van der Waals surface area (Å²) in [6, 6.07) is 0. The Kier molecular flexibility index (Phi) is 2.00. The number of nitrogens with one attached hydrogen (secondary N) is 1. The van der Waals surface area contributed by atoms with Gasteiger partial charge in [0.25, 0.3) is 0 Å². The van der Waals surface area contributed by atoms with E-state index < -0.39 is 0 Å². The summed E-state index contributed by atoms with van der Waals surface area (Å²) in [5.74, 6) is 1.04. The summed E-state index contributed by atoms with van der Waals surface area (Å²) in [5, 5.41) is 0. The van der Waals surface area contributed by atoms with E-state index in [4.69, 9.17) is 4.74 Å². The average Bonchev–Trinajstić information content (AvgIpc) is 2.33. The van der Waals surface area contributed by atoms with Gasteiger partial charge in [-0.05, 0) is 12.8 Å². The number of aryl methyl sites for hydroxylation is 1. The average molecular weight is 139 g/mol. The van der Waals surface area contributed by atoms with E-state index in [2.05, 4.69) is 4.98 Å². The van der Waals surface area contributed by atoms with Crippen LogP contribution < -0.4 is 4.74 Å². The highest BCUT2D eigenvalue weighted by Crippen LogP contribution is 2.22. The van der Waals surface area contributed by atoms with Gasteiger partial charge in [-0.25, -0.2) is 0 Å². The van der Waals surface area contributed by atoms with Crippen LogP contribution in [0.15, 0.2) is 12.4 Å². The standard InChI is InChI=1S/C7H9NO.CH4/c1-2-6-4-8-5-7(6)9-3-1;/h4-5,8H,1-3H2;1H4. The van der Waals surface area contributed by atoms with Crippen molar-refractivity contribution in [2.75, 3.05) is 6.61 Å². The van der Waals surface area contributed by atoms with Crippen molar-refractivity contribution in [1.29, 1.82) is 0 Å². The molecular formula is C8H13NO. The van der Waals surface area contributed by atoms with Crippen molar-refractivity contribution in [3.8, 4) is 5.75 Å². The third kappa shape index (κ3) is 1.01. The first-order chi connectivity index (χ1) is 4.47. The molecule has 0 saturated carbocycles. The Morgan fingerprint density at radius 3 is 3.10 bits per heavy atom. The zero-order valence-corrected chi connectivity index (χ0v) is 5.18. The molecule has 0 spiro atoms. The van der Waals surface area contributed by atoms with Crippen molar-refractivity contribution in [3.63, 3.8) is 0 Å². The maximum absolute atomic E-state index is 5.33. The summed E-state index contributed by atoms with van der Waals surface area (Å²) in [5.41, 5.74) is 1.32. The second-order valence-electron chi connectivity index (χ2n) is 2.30. The number of hydrogen-bond acceptors (Lipinski definition) is 1. The summed E-state index contributed by atoms with van der Waals surface area (Å²) in [6.45, 7) is 0.880. The Balaban J connectivity index is 0.000000500. The van der Waals surface area contributed by atoms with Gasteiger partial charge in [0, 0.05) is 18.0 Å². The predicted molar refractivity (Wildman–Crippen MR) is 41.3 cm³/mol. The fourth-order valence-electron chi connectivity index (χ4n) is 1.16. The van der Waals surface area contributed by atoms with E-state index in [1.54, 1.807) is 0 Å². The Bertz CT molecular complexity index is 184. The minimum atomic E-state index is 0. The minimum absolute atomic E-state index is 0. The molecule has 1 aliphatic heterocycles. The van der Waals surface area contributed by atoms with Gasteiger partial charge in [-0.15, -0.1) is 0 Å². The molecule has 0 fully saturated rings. The van der Waals surface area contributed by atoms with Crippen LogP contribution in [0, 0.1) is 0 Å². The highest BCUT2D eigenvalue weighted by molar-refractivity contribution is 5.31. The molecule has 2 rings (SSSR count). The number of rotatable bonds is 0. The molecule has 0 aromatic carbocycles. The van der Waals surface area contributed by atoms with E-state index >= 15 is 0 Å². The van der Waals surface area contributed by atoms with Gasteiger partial charge in [-0.3, -0.25) is 0 Å². The highest BCUT2D eigenvalue weighted by atomic mass is 16.5. The zero-order chi connectivity index (χ0) is 6.10. The van der Waals surface area contributed by atoms with Crippen LogP contribution in [-0.2, 0) is 6.42 Å². The van der Waals surface area contributed by atoms with Crippen LogP contribution in [0.2, 0.25) is 0 Å². The Morgan fingerprint density at radius 1 is 1.40 bits per heavy atom. The second-order valence-corrected chi connectivity index (χ2v) is 2.30. The topological polar surface area (TPSA) is 25.0 Å². The predicted octanol–water partition coefficient (Wildman–Crippen LogP) is 1.98. The maximum Gasteiger partial charge on any atom is 0.139 e. The van der Waals surface area contributed by atoms with E-state index in [1.165, 1.54) is 12.0 Å². The van der Waals surface area contributed by atoms with Crippen molar-refractivity contribution >= 4 is 0 Å². The van der Waals surface area contributed by atoms with Gasteiger partial charge >= 0.3 is 0 Å².